The van der Waals surface area contributed by atoms with Crippen LogP contribution in [0.4, 0.5) is 0 Å². The van der Waals surface area contributed by atoms with Crippen LogP contribution in [-0.4, -0.2) is 26.1 Å². The third kappa shape index (κ3) is 1.80. The summed E-state index contributed by atoms with van der Waals surface area (Å²) < 4.78 is 1.54. The first-order valence-electron chi connectivity index (χ1n) is 3.95. The Morgan fingerprint density at radius 2 is 2.42 bits per heavy atom. The summed E-state index contributed by atoms with van der Waals surface area (Å²) >= 11 is 0. The maximum absolute atomic E-state index is 9.56. The van der Waals surface area contributed by atoms with Gasteiger partial charge >= 0.3 is 0 Å². The summed E-state index contributed by atoms with van der Waals surface area (Å²) in [6, 6.07) is -0.262. The van der Waals surface area contributed by atoms with Gasteiger partial charge in [0.1, 0.15) is 11.8 Å². The number of nitrogens with zero attached hydrogens (tertiary/aromatic N) is 3. The summed E-state index contributed by atoms with van der Waals surface area (Å²) in [5.74, 6) is 0. The van der Waals surface area contributed by atoms with Crippen molar-refractivity contribution in [2.24, 2.45) is 12.8 Å². The van der Waals surface area contributed by atoms with Crippen molar-refractivity contribution >= 4 is 0 Å². The van der Waals surface area contributed by atoms with Crippen molar-refractivity contribution in [3.63, 3.8) is 0 Å². The number of hydrogen-bond donors (Lipinski definition) is 2. The van der Waals surface area contributed by atoms with E-state index in [1.807, 2.05) is 6.92 Å². The second-order valence-corrected chi connectivity index (χ2v) is 2.83. The minimum absolute atomic E-state index is 0.262. The van der Waals surface area contributed by atoms with Gasteiger partial charge in [-0.3, -0.25) is 4.68 Å². The van der Waals surface area contributed by atoms with Gasteiger partial charge in [-0.15, -0.1) is 5.10 Å². The third-order valence-electron chi connectivity index (χ3n) is 1.80. The molecule has 0 aliphatic heterocycles. The predicted octanol–water partition coefficient (Wildman–Crippen LogP) is -0.414. The van der Waals surface area contributed by atoms with Gasteiger partial charge in [-0.05, 0) is 6.42 Å². The first-order valence-corrected chi connectivity index (χ1v) is 3.95. The first-order chi connectivity index (χ1) is 5.65. The van der Waals surface area contributed by atoms with Gasteiger partial charge in [0.25, 0.3) is 0 Å². The molecule has 1 heterocycles. The Hall–Kier alpha value is -0.940. The number of aliphatic hydroxyl groups excluding tert-OH is 1. The maximum Gasteiger partial charge on any atom is 0.114 e. The fourth-order valence-corrected chi connectivity index (χ4v) is 0.943. The van der Waals surface area contributed by atoms with Gasteiger partial charge in [-0.25, -0.2) is 0 Å². The summed E-state index contributed by atoms with van der Waals surface area (Å²) in [6.45, 7) is 1.92. The van der Waals surface area contributed by atoms with Crippen molar-refractivity contribution in [2.45, 2.75) is 25.5 Å². The molecule has 1 aromatic heterocycles. The van der Waals surface area contributed by atoms with Gasteiger partial charge in [0.05, 0.1) is 6.20 Å². The quantitative estimate of drug-likeness (QED) is 0.646. The lowest BCUT2D eigenvalue weighted by molar-refractivity contribution is 0.140. The zero-order valence-electron chi connectivity index (χ0n) is 7.31. The summed E-state index contributed by atoms with van der Waals surface area (Å²) in [7, 11) is 1.75. The lowest BCUT2D eigenvalue weighted by Crippen LogP contribution is -2.27. The molecule has 0 aromatic carbocycles. The van der Waals surface area contributed by atoms with E-state index in [4.69, 9.17) is 5.73 Å². The molecule has 5 nitrogen and oxygen atoms in total. The number of aliphatic hydroxyl groups is 1. The monoisotopic (exact) mass is 170 g/mol. The Balaban J connectivity index is 2.70. The lowest BCUT2D eigenvalue weighted by atomic mass is 10.1. The van der Waals surface area contributed by atoms with Gasteiger partial charge in [0, 0.05) is 13.1 Å². The van der Waals surface area contributed by atoms with Crippen LogP contribution in [0.15, 0.2) is 6.20 Å². The topological polar surface area (TPSA) is 77.0 Å². The summed E-state index contributed by atoms with van der Waals surface area (Å²) in [5.41, 5.74) is 6.16. The van der Waals surface area contributed by atoms with Crippen molar-refractivity contribution < 1.29 is 5.11 Å². The first kappa shape index (κ1) is 9.15. The standard InChI is InChI=1S/C7H14N4O/c1-3-5(8)7(12)6-4-11(2)10-9-6/h4-5,7,12H,3,8H2,1-2H3. The van der Waals surface area contributed by atoms with Crippen LogP contribution < -0.4 is 5.73 Å². The van der Waals surface area contributed by atoms with E-state index in [1.165, 1.54) is 0 Å². The van der Waals surface area contributed by atoms with E-state index in [0.29, 0.717) is 5.69 Å². The van der Waals surface area contributed by atoms with Crippen molar-refractivity contribution in [2.75, 3.05) is 0 Å². The molecule has 1 aromatic rings. The molecule has 0 saturated carbocycles. The molecule has 5 heteroatoms. The molecule has 2 atom stereocenters. The Morgan fingerprint density at radius 3 is 2.83 bits per heavy atom. The molecule has 0 radical (unpaired) electrons. The zero-order valence-corrected chi connectivity index (χ0v) is 7.31. The Labute approximate surface area is 71.2 Å². The molecule has 0 saturated heterocycles. The Kier molecular flexibility index (Phi) is 2.78. The van der Waals surface area contributed by atoms with Crippen molar-refractivity contribution in [3.8, 4) is 0 Å². The number of aromatic nitrogens is 3. The second kappa shape index (κ2) is 3.64. The van der Waals surface area contributed by atoms with E-state index in [9.17, 15) is 5.11 Å². The van der Waals surface area contributed by atoms with Crippen molar-refractivity contribution in [1.82, 2.24) is 15.0 Å². The minimum Gasteiger partial charge on any atom is -0.385 e. The molecule has 12 heavy (non-hydrogen) atoms. The molecule has 0 aliphatic carbocycles. The molecule has 0 fully saturated rings. The molecular formula is C7H14N4O. The van der Waals surface area contributed by atoms with Crippen LogP contribution in [0.1, 0.15) is 25.1 Å². The zero-order chi connectivity index (χ0) is 9.14. The van der Waals surface area contributed by atoms with Crippen LogP contribution in [0.2, 0.25) is 0 Å². The predicted molar refractivity (Wildman–Crippen MR) is 44.2 cm³/mol. The SMILES string of the molecule is CCC(N)C(O)c1cn(C)nn1. The van der Waals surface area contributed by atoms with Gasteiger partial charge < -0.3 is 10.8 Å². The molecule has 1 rings (SSSR count). The molecule has 0 bridgehead atoms. The average molecular weight is 170 g/mol. The molecule has 2 unspecified atom stereocenters. The Morgan fingerprint density at radius 1 is 1.75 bits per heavy atom. The van der Waals surface area contributed by atoms with Gasteiger partial charge in [-0.2, -0.15) is 0 Å². The summed E-state index contributed by atoms with van der Waals surface area (Å²) in [4.78, 5) is 0. The third-order valence-corrected chi connectivity index (χ3v) is 1.80. The summed E-state index contributed by atoms with van der Waals surface area (Å²) in [5, 5.41) is 17.0. The molecular weight excluding hydrogens is 156 g/mol. The smallest absolute Gasteiger partial charge is 0.114 e. The van der Waals surface area contributed by atoms with E-state index >= 15 is 0 Å². The largest absolute Gasteiger partial charge is 0.385 e. The molecule has 68 valence electrons. The van der Waals surface area contributed by atoms with Gasteiger partial charge in [0.15, 0.2) is 0 Å². The van der Waals surface area contributed by atoms with E-state index in [2.05, 4.69) is 10.3 Å². The number of rotatable bonds is 3. The fraction of sp³-hybridized carbons (Fsp3) is 0.714. The number of nitrogens with two attached hydrogens (primary N) is 1. The average Bonchev–Trinajstić information content (AvgIpc) is 2.49. The van der Waals surface area contributed by atoms with Crippen LogP contribution in [0.5, 0.6) is 0 Å². The normalized spacial score (nSPS) is 16.0. The fourth-order valence-electron chi connectivity index (χ4n) is 0.943. The second-order valence-electron chi connectivity index (χ2n) is 2.83. The molecule has 3 N–H and O–H groups in total. The highest BCUT2D eigenvalue weighted by atomic mass is 16.3. The van der Waals surface area contributed by atoms with Crippen LogP contribution in [0.25, 0.3) is 0 Å². The van der Waals surface area contributed by atoms with E-state index in [-0.39, 0.29) is 6.04 Å². The van der Waals surface area contributed by atoms with Crippen LogP contribution in [-0.2, 0) is 7.05 Å². The molecule has 0 spiro atoms. The lowest BCUT2D eigenvalue weighted by Gasteiger charge is -2.13. The van der Waals surface area contributed by atoms with E-state index in [0.717, 1.165) is 6.42 Å². The van der Waals surface area contributed by atoms with Crippen molar-refractivity contribution in [1.29, 1.82) is 0 Å². The van der Waals surface area contributed by atoms with E-state index < -0.39 is 6.10 Å². The van der Waals surface area contributed by atoms with Crippen LogP contribution in [0, 0.1) is 0 Å². The number of hydrogen-bond acceptors (Lipinski definition) is 4. The highest BCUT2D eigenvalue weighted by Gasteiger charge is 2.17. The van der Waals surface area contributed by atoms with Gasteiger partial charge in [-0.1, -0.05) is 12.1 Å². The Bertz CT molecular complexity index is 247. The van der Waals surface area contributed by atoms with Crippen molar-refractivity contribution in [3.05, 3.63) is 11.9 Å². The highest BCUT2D eigenvalue weighted by molar-refractivity contribution is 5.00. The number of aryl methyl sites for hydroxylation is 1. The van der Waals surface area contributed by atoms with Gasteiger partial charge in [0.2, 0.25) is 0 Å². The molecule has 0 amide bonds. The highest BCUT2D eigenvalue weighted by Crippen LogP contribution is 2.13. The summed E-state index contributed by atoms with van der Waals surface area (Å²) in [6.07, 6.45) is 1.68. The minimum atomic E-state index is -0.705. The van der Waals surface area contributed by atoms with Crippen LogP contribution in [0.3, 0.4) is 0 Å². The molecule has 0 aliphatic rings. The van der Waals surface area contributed by atoms with E-state index in [1.54, 1.807) is 17.9 Å². The maximum atomic E-state index is 9.56. The van der Waals surface area contributed by atoms with Crippen LogP contribution >= 0.6 is 0 Å².